The lowest BCUT2D eigenvalue weighted by Gasteiger charge is -2.13. The molecule has 1 rings (SSSR count). The van der Waals surface area contributed by atoms with Crippen molar-refractivity contribution in [3.8, 4) is 0 Å². The predicted octanol–water partition coefficient (Wildman–Crippen LogP) is 3.58. The number of likely N-dealkylation sites (N-methyl/N-ethyl adjacent to an activating group) is 1. The van der Waals surface area contributed by atoms with Gasteiger partial charge in [-0.05, 0) is 45.0 Å². The lowest BCUT2D eigenvalue weighted by molar-refractivity contribution is 0.623. The highest BCUT2D eigenvalue weighted by atomic mass is 35.5. The van der Waals surface area contributed by atoms with Gasteiger partial charge >= 0.3 is 0 Å². The Labute approximate surface area is 101 Å². The van der Waals surface area contributed by atoms with E-state index in [4.69, 9.17) is 11.6 Å². The van der Waals surface area contributed by atoms with E-state index in [0.717, 1.165) is 12.0 Å². The van der Waals surface area contributed by atoms with E-state index in [9.17, 15) is 4.39 Å². The van der Waals surface area contributed by atoms with E-state index in [1.54, 1.807) is 6.07 Å². The topological polar surface area (TPSA) is 12.0 Å². The molecule has 0 heterocycles. The summed E-state index contributed by atoms with van der Waals surface area (Å²) in [6, 6.07) is 4.76. The third-order valence-electron chi connectivity index (χ3n) is 2.36. The van der Waals surface area contributed by atoms with Gasteiger partial charge in [-0.25, -0.2) is 4.39 Å². The SMILES string of the molecule is CNC(C=C(C)C)Cc1ccc(F)cc1Cl. The van der Waals surface area contributed by atoms with Crippen molar-refractivity contribution in [2.24, 2.45) is 0 Å². The largest absolute Gasteiger partial charge is 0.313 e. The third kappa shape index (κ3) is 3.95. The van der Waals surface area contributed by atoms with Gasteiger partial charge in [-0.2, -0.15) is 0 Å². The van der Waals surface area contributed by atoms with Crippen LogP contribution in [0.15, 0.2) is 29.8 Å². The van der Waals surface area contributed by atoms with Crippen LogP contribution in [0.4, 0.5) is 4.39 Å². The van der Waals surface area contributed by atoms with Gasteiger partial charge in [0.1, 0.15) is 5.82 Å². The molecule has 0 bridgehead atoms. The van der Waals surface area contributed by atoms with E-state index in [2.05, 4.69) is 25.2 Å². The first-order valence-electron chi connectivity index (χ1n) is 5.29. The standard InChI is InChI=1S/C13H17ClFN/c1-9(2)6-12(16-3)7-10-4-5-11(15)8-13(10)14/h4-6,8,12,16H,7H2,1-3H3. The molecule has 0 aliphatic rings. The molecule has 1 aromatic carbocycles. The summed E-state index contributed by atoms with van der Waals surface area (Å²) in [5.74, 6) is -0.294. The summed E-state index contributed by atoms with van der Waals surface area (Å²) in [5.41, 5.74) is 2.21. The fraction of sp³-hybridized carbons (Fsp3) is 0.385. The average Bonchev–Trinajstić information content (AvgIpc) is 2.20. The van der Waals surface area contributed by atoms with Crippen LogP contribution in [0.3, 0.4) is 0 Å². The highest BCUT2D eigenvalue weighted by Gasteiger charge is 2.08. The Hall–Kier alpha value is -0.860. The van der Waals surface area contributed by atoms with Gasteiger partial charge in [-0.3, -0.25) is 0 Å². The Morgan fingerprint density at radius 2 is 2.19 bits per heavy atom. The second-order valence-corrected chi connectivity index (χ2v) is 4.49. The number of benzene rings is 1. The first-order valence-corrected chi connectivity index (χ1v) is 5.67. The van der Waals surface area contributed by atoms with Gasteiger partial charge < -0.3 is 5.32 Å². The molecule has 0 fully saturated rings. The number of hydrogen-bond donors (Lipinski definition) is 1. The number of rotatable bonds is 4. The predicted molar refractivity (Wildman–Crippen MR) is 67.4 cm³/mol. The lowest BCUT2D eigenvalue weighted by Crippen LogP contribution is -2.25. The smallest absolute Gasteiger partial charge is 0.124 e. The number of hydrogen-bond acceptors (Lipinski definition) is 1. The van der Waals surface area contributed by atoms with Crippen molar-refractivity contribution in [2.75, 3.05) is 7.05 Å². The van der Waals surface area contributed by atoms with Gasteiger partial charge in [0.15, 0.2) is 0 Å². The normalized spacial score (nSPS) is 12.3. The maximum absolute atomic E-state index is 12.9. The van der Waals surface area contributed by atoms with Gasteiger partial charge in [-0.1, -0.05) is 29.3 Å². The quantitative estimate of drug-likeness (QED) is 0.795. The van der Waals surface area contributed by atoms with Gasteiger partial charge in [0.25, 0.3) is 0 Å². The van der Waals surface area contributed by atoms with Crippen molar-refractivity contribution < 1.29 is 4.39 Å². The molecule has 1 atom stereocenters. The molecular formula is C13H17ClFN. The average molecular weight is 242 g/mol. The van der Waals surface area contributed by atoms with E-state index in [1.165, 1.54) is 17.7 Å². The molecule has 0 radical (unpaired) electrons. The van der Waals surface area contributed by atoms with Crippen molar-refractivity contribution >= 4 is 11.6 Å². The first-order chi connectivity index (χ1) is 7.52. The van der Waals surface area contributed by atoms with Crippen molar-refractivity contribution in [2.45, 2.75) is 26.3 Å². The van der Waals surface area contributed by atoms with Crippen LogP contribution in [-0.4, -0.2) is 13.1 Å². The molecule has 0 aliphatic carbocycles. The van der Waals surface area contributed by atoms with E-state index in [-0.39, 0.29) is 11.9 Å². The molecule has 1 nitrogen and oxygen atoms in total. The molecule has 88 valence electrons. The zero-order valence-corrected chi connectivity index (χ0v) is 10.6. The lowest BCUT2D eigenvalue weighted by atomic mass is 10.0. The summed E-state index contributed by atoms with van der Waals surface area (Å²) in [4.78, 5) is 0. The molecular weight excluding hydrogens is 225 g/mol. The van der Waals surface area contributed by atoms with Crippen LogP contribution >= 0.6 is 11.6 Å². The monoisotopic (exact) mass is 241 g/mol. The highest BCUT2D eigenvalue weighted by molar-refractivity contribution is 6.31. The van der Waals surface area contributed by atoms with E-state index in [0.29, 0.717) is 5.02 Å². The maximum Gasteiger partial charge on any atom is 0.124 e. The van der Waals surface area contributed by atoms with Gasteiger partial charge in [0.05, 0.1) is 0 Å². The third-order valence-corrected chi connectivity index (χ3v) is 2.71. The van der Waals surface area contributed by atoms with Crippen LogP contribution in [0.5, 0.6) is 0 Å². The second-order valence-electron chi connectivity index (χ2n) is 4.08. The Morgan fingerprint density at radius 3 is 2.69 bits per heavy atom. The summed E-state index contributed by atoms with van der Waals surface area (Å²) in [6.45, 7) is 4.10. The zero-order valence-electron chi connectivity index (χ0n) is 9.85. The number of nitrogens with one attached hydrogen (secondary N) is 1. The minimum absolute atomic E-state index is 0.230. The molecule has 16 heavy (non-hydrogen) atoms. The van der Waals surface area contributed by atoms with Crippen LogP contribution in [0, 0.1) is 5.82 Å². The molecule has 0 saturated heterocycles. The van der Waals surface area contributed by atoms with E-state index < -0.39 is 0 Å². The fourth-order valence-electron chi connectivity index (χ4n) is 1.57. The van der Waals surface area contributed by atoms with Crippen LogP contribution in [0.1, 0.15) is 19.4 Å². The Morgan fingerprint density at radius 1 is 1.50 bits per heavy atom. The summed E-state index contributed by atoms with van der Waals surface area (Å²) in [5, 5.41) is 3.68. The summed E-state index contributed by atoms with van der Waals surface area (Å²) in [6.07, 6.45) is 2.90. The minimum Gasteiger partial charge on any atom is -0.313 e. The molecule has 0 aromatic heterocycles. The van der Waals surface area contributed by atoms with E-state index in [1.807, 2.05) is 7.05 Å². The van der Waals surface area contributed by atoms with Crippen molar-refractivity contribution in [1.29, 1.82) is 0 Å². The molecule has 0 spiro atoms. The van der Waals surface area contributed by atoms with Gasteiger partial charge in [-0.15, -0.1) is 0 Å². The maximum atomic E-state index is 12.9. The second kappa shape index (κ2) is 6.02. The fourth-order valence-corrected chi connectivity index (χ4v) is 1.82. The first kappa shape index (κ1) is 13.2. The Balaban J connectivity index is 2.82. The van der Waals surface area contributed by atoms with Gasteiger partial charge in [0, 0.05) is 11.1 Å². The van der Waals surface area contributed by atoms with Gasteiger partial charge in [0.2, 0.25) is 0 Å². The van der Waals surface area contributed by atoms with E-state index >= 15 is 0 Å². The van der Waals surface area contributed by atoms with Crippen molar-refractivity contribution in [3.63, 3.8) is 0 Å². The molecule has 0 amide bonds. The molecule has 3 heteroatoms. The summed E-state index contributed by atoms with van der Waals surface area (Å²) >= 11 is 5.98. The van der Waals surface area contributed by atoms with Crippen LogP contribution in [0.25, 0.3) is 0 Å². The van der Waals surface area contributed by atoms with Crippen LogP contribution in [-0.2, 0) is 6.42 Å². The zero-order chi connectivity index (χ0) is 12.1. The van der Waals surface area contributed by atoms with Crippen LogP contribution in [0.2, 0.25) is 5.02 Å². The summed E-state index contributed by atoms with van der Waals surface area (Å²) in [7, 11) is 1.90. The number of halogens is 2. The Kier molecular flexibility index (Phi) is 4.97. The van der Waals surface area contributed by atoms with Crippen molar-refractivity contribution in [3.05, 3.63) is 46.3 Å². The molecule has 1 aromatic rings. The highest BCUT2D eigenvalue weighted by Crippen LogP contribution is 2.19. The molecule has 1 unspecified atom stereocenters. The van der Waals surface area contributed by atoms with Crippen LogP contribution < -0.4 is 5.32 Å². The minimum atomic E-state index is -0.294. The molecule has 1 N–H and O–H groups in total. The Bertz CT molecular complexity index is 384. The molecule has 0 saturated carbocycles. The molecule has 0 aliphatic heterocycles. The van der Waals surface area contributed by atoms with Crippen molar-refractivity contribution in [1.82, 2.24) is 5.32 Å². The number of allylic oxidation sites excluding steroid dienone is 1. The summed E-state index contributed by atoms with van der Waals surface area (Å²) < 4.78 is 12.9.